The molecule has 9 nitrogen and oxygen atoms in total. The van der Waals surface area contributed by atoms with Gasteiger partial charge in [-0.3, -0.25) is 14.4 Å². The molecule has 1 saturated heterocycles. The van der Waals surface area contributed by atoms with E-state index < -0.39 is 34.0 Å². The topological polar surface area (TPSA) is 119 Å². The minimum absolute atomic E-state index is 0.157. The minimum atomic E-state index is -3.53. The van der Waals surface area contributed by atoms with Crippen LogP contribution in [0.2, 0.25) is 0 Å². The fourth-order valence-electron chi connectivity index (χ4n) is 4.38. The van der Waals surface area contributed by atoms with Crippen LogP contribution in [-0.4, -0.2) is 63.8 Å². The maximum Gasteiger partial charge on any atom is 0.410 e. The Bertz CT molecular complexity index is 694. The molecule has 1 aliphatic heterocycles. The van der Waals surface area contributed by atoms with E-state index in [1.165, 1.54) is 12.0 Å². The van der Waals surface area contributed by atoms with Crippen molar-refractivity contribution in [3.63, 3.8) is 0 Å². The van der Waals surface area contributed by atoms with E-state index in [1.807, 2.05) is 4.72 Å². The van der Waals surface area contributed by atoms with Crippen molar-refractivity contribution >= 4 is 28.0 Å². The summed E-state index contributed by atoms with van der Waals surface area (Å²) in [7, 11) is -2.23. The Kier molecular flexibility index (Phi) is 7.68. The van der Waals surface area contributed by atoms with Crippen molar-refractivity contribution in [2.75, 3.05) is 26.5 Å². The number of carbonyl (C=O) groups is 3. The average Bonchev–Trinajstić information content (AvgIpc) is 2.63. The van der Waals surface area contributed by atoms with Gasteiger partial charge in [-0.25, -0.2) is 18.0 Å². The summed E-state index contributed by atoms with van der Waals surface area (Å²) >= 11 is 0. The Hall–Kier alpha value is -1.84. The summed E-state index contributed by atoms with van der Waals surface area (Å²) < 4.78 is 34.2. The molecule has 28 heavy (non-hydrogen) atoms. The number of esters is 1. The summed E-state index contributed by atoms with van der Waals surface area (Å²) in [5.74, 6) is -0.0764. The Morgan fingerprint density at radius 3 is 2.46 bits per heavy atom. The molecule has 2 aliphatic rings. The zero-order valence-corrected chi connectivity index (χ0v) is 17.5. The second-order valence-electron chi connectivity index (χ2n) is 7.66. The maximum absolute atomic E-state index is 12.4. The molecule has 2 amide bonds. The normalized spacial score (nSPS) is 27.5. The lowest BCUT2D eigenvalue weighted by Crippen LogP contribution is -2.55. The van der Waals surface area contributed by atoms with Gasteiger partial charge in [0.2, 0.25) is 15.9 Å². The molecule has 1 saturated carbocycles. The van der Waals surface area contributed by atoms with Crippen LogP contribution in [0.3, 0.4) is 0 Å². The number of fused-ring (bicyclic) bond motifs is 1. The number of nitrogens with one attached hydrogen (secondary N) is 1. The van der Waals surface area contributed by atoms with Crippen LogP contribution in [0.5, 0.6) is 0 Å². The van der Waals surface area contributed by atoms with E-state index in [-0.39, 0.29) is 24.9 Å². The molecule has 0 aromatic rings. The SMILES string of the molecule is CCOC(=O)[C@@H]1C[C@H]2C[C@@H](CCC(=O)NS(C)(=O)=O)CC[C@H]2CN1C(=O)OC. The highest BCUT2D eigenvalue weighted by atomic mass is 32.2. The summed E-state index contributed by atoms with van der Waals surface area (Å²) in [4.78, 5) is 37.7. The number of sulfonamides is 1. The molecule has 1 aliphatic carbocycles. The number of hydrogen-bond donors (Lipinski definition) is 1. The zero-order valence-electron chi connectivity index (χ0n) is 16.7. The van der Waals surface area contributed by atoms with E-state index in [4.69, 9.17) is 9.47 Å². The van der Waals surface area contributed by atoms with Crippen molar-refractivity contribution < 1.29 is 32.3 Å². The largest absolute Gasteiger partial charge is 0.464 e. The summed E-state index contributed by atoms with van der Waals surface area (Å²) in [5.41, 5.74) is 0. The van der Waals surface area contributed by atoms with Gasteiger partial charge < -0.3 is 9.47 Å². The van der Waals surface area contributed by atoms with Gasteiger partial charge in [-0.2, -0.15) is 0 Å². The van der Waals surface area contributed by atoms with E-state index in [1.54, 1.807) is 6.92 Å². The van der Waals surface area contributed by atoms with Gasteiger partial charge in [-0.1, -0.05) is 6.42 Å². The Balaban J connectivity index is 1.97. The molecular weight excluding hydrogens is 388 g/mol. The van der Waals surface area contributed by atoms with Crippen LogP contribution < -0.4 is 4.72 Å². The summed E-state index contributed by atoms with van der Waals surface area (Å²) in [6, 6.07) is -0.652. The third-order valence-corrected chi connectivity index (χ3v) is 6.23. The van der Waals surface area contributed by atoms with Crippen LogP contribution in [0.4, 0.5) is 4.79 Å². The van der Waals surface area contributed by atoms with Crippen molar-refractivity contribution in [3.05, 3.63) is 0 Å². The van der Waals surface area contributed by atoms with Crippen molar-refractivity contribution in [3.8, 4) is 0 Å². The van der Waals surface area contributed by atoms with Crippen molar-refractivity contribution in [2.24, 2.45) is 17.8 Å². The number of hydrogen-bond acceptors (Lipinski definition) is 7. The number of rotatable bonds is 6. The smallest absolute Gasteiger partial charge is 0.410 e. The van der Waals surface area contributed by atoms with Crippen molar-refractivity contribution in [1.29, 1.82) is 0 Å². The first-order chi connectivity index (χ1) is 13.1. The van der Waals surface area contributed by atoms with Gasteiger partial charge in [0.25, 0.3) is 0 Å². The molecule has 2 rings (SSSR count). The number of piperidine rings is 1. The molecule has 4 atom stereocenters. The number of carbonyl (C=O) groups excluding carboxylic acids is 3. The standard InChI is InChI=1S/C18H30N2O7S/c1-4-27-17(22)15-10-14-9-12(6-8-16(21)19-28(3,24)25)5-7-13(14)11-20(15)18(23)26-2/h12-15H,4-11H2,1-3H3,(H,19,21)/t12-,13+,14-,15+/m1/s1. The number of likely N-dealkylation sites (tertiary alicyclic amines) is 1. The van der Waals surface area contributed by atoms with Crippen LogP contribution in [0.25, 0.3) is 0 Å². The molecule has 0 unspecified atom stereocenters. The zero-order chi connectivity index (χ0) is 20.9. The highest BCUT2D eigenvalue weighted by Crippen LogP contribution is 2.42. The van der Waals surface area contributed by atoms with E-state index in [2.05, 4.69) is 0 Å². The molecule has 1 N–H and O–H groups in total. The van der Waals surface area contributed by atoms with Crippen LogP contribution in [-0.2, 0) is 29.1 Å². The summed E-state index contributed by atoms with van der Waals surface area (Å²) in [5, 5.41) is 0. The first-order valence-electron chi connectivity index (χ1n) is 9.66. The first-order valence-corrected chi connectivity index (χ1v) is 11.6. The van der Waals surface area contributed by atoms with Gasteiger partial charge in [0.15, 0.2) is 0 Å². The highest BCUT2D eigenvalue weighted by Gasteiger charge is 2.44. The minimum Gasteiger partial charge on any atom is -0.464 e. The number of ether oxygens (including phenoxy) is 2. The highest BCUT2D eigenvalue weighted by molar-refractivity contribution is 7.89. The van der Waals surface area contributed by atoms with Crippen molar-refractivity contribution in [1.82, 2.24) is 9.62 Å². The molecule has 0 radical (unpaired) electrons. The molecule has 0 aromatic heterocycles. The van der Waals surface area contributed by atoms with Crippen molar-refractivity contribution in [2.45, 2.75) is 51.5 Å². The first kappa shape index (κ1) is 22.4. The average molecular weight is 419 g/mol. The number of nitrogens with zero attached hydrogens (tertiary/aromatic N) is 1. The fraction of sp³-hybridized carbons (Fsp3) is 0.833. The summed E-state index contributed by atoms with van der Waals surface area (Å²) in [6.45, 7) is 2.43. The predicted molar refractivity (Wildman–Crippen MR) is 101 cm³/mol. The van der Waals surface area contributed by atoms with Crippen LogP contribution in [0.15, 0.2) is 0 Å². The Morgan fingerprint density at radius 2 is 1.86 bits per heavy atom. The summed E-state index contributed by atoms with van der Waals surface area (Å²) in [6.07, 6.45) is 4.38. The van der Waals surface area contributed by atoms with E-state index in [0.717, 1.165) is 25.5 Å². The Morgan fingerprint density at radius 1 is 1.14 bits per heavy atom. The second-order valence-corrected chi connectivity index (χ2v) is 9.41. The Labute approximate surface area is 166 Å². The molecule has 10 heteroatoms. The van der Waals surface area contributed by atoms with E-state index in [9.17, 15) is 22.8 Å². The van der Waals surface area contributed by atoms with Crippen LogP contribution >= 0.6 is 0 Å². The third-order valence-electron chi connectivity index (χ3n) is 5.63. The second kappa shape index (κ2) is 9.58. The molecular formula is C18H30N2O7S. The van der Waals surface area contributed by atoms with Crippen LogP contribution in [0, 0.1) is 17.8 Å². The van der Waals surface area contributed by atoms with Gasteiger partial charge >= 0.3 is 12.1 Å². The lowest BCUT2D eigenvalue weighted by molar-refractivity contribution is -0.152. The number of amides is 2. The van der Waals surface area contributed by atoms with Gasteiger partial charge in [0.1, 0.15) is 6.04 Å². The van der Waals surface area contributed by atoms with Gasteiger partial charge in [0.05, 0.1) is 20.0 Å². The monoisotopic (exact) mass is 418 g/mol. The molecule has 0 spiro atoms. The van der Waals surface area contributed by atoms with Gasteiger partial charge in [-0.05, 0) is 50.4 Å². The van der Waals surface area contributed by atoms with E-state index >= 15 is 0 Å². The molecule has 0 aromatic carbocycles. The fourth-order valence-corrected chi connectivity index (χ4v) is 4.90. The molecule has 2 fully saturated rings. The van der Waals surface area contributed by atoms with Crippen LogP contribution in [0.1, 0.15) is 45.4 Å². The van der Waals surface area contributed by atoms with Gasteiger partial charge in [0, 0.05) is 13.0 Å². The lowest BCUT2D eigenvalue weighted by atomic mass is 9.68. The molecule has 1 heterocycles. The molecule has 0 bridgehead atoms. The lowest BCUT2D eigenvalue weighted by Gasteiger charge is -2.46. The van der Waals surface area contributed by atoms with E-state index in [0.29, 0.717) is 25.3 Å². The third kappa shape index (κ3) is 6.08. The quantitative estimate of drug-likeness (QED) is 0.645. The number of methoxy groups -OCH3 is 1. The van der Waals surface area contributed by atoms with Gasteiger partial charge in [-0.15, -0.1) is 0 Å². The predicted octanol–water partition coefficient (Wildman–Crippen LogP) is 1.28. The molecule has 160 valence electrons. The maximum atomic E-state index is 12.4.